The van der Waals surface area contributed by atoms with Gasteiger partial charge < -0.3 is 4.57 Å². The van der Waals surface area contributed by atoms with Gasteiger partial charge in [0.05, 0.1) is 10.6 Å². The highest BCUT2D eigenvalue weighted by molar-refractivity contribution is 7.89. The Bertz CT molecular complexity index is 1780. The minimum atomic E-state index is -3.83. The van der Waals surface area contributed by atoms with Gasteiger partial charge in [0.25, 0.3) is 11.8 Å². The van der Waals surface area contributed by atoms with Crippen molar-refractivity contribution in [1.82, 2.24) is 9.88 Å². The number of imide groups is 2. The molecule has 0 atom stereocenters. The molecular weight excluding hydrogens is 564 g/mol. The molecule has 4 saturated carbocycles. The van der Waals surface area contributed by atoms with Crippen LogP contribution in [0.25, 0.3) is 11.8 Å². The summed E-state index contributed by atoms with van der Waals surface area (Å²) in [7, 11) is -3.83. The fourth-order valence-electron chi connectivity index (χ4n) is 8.59. The van der Waals surface area contributed by atoms with Gasteiger partial charge in [0.1, 0.15) is 5.57 Å². The summed E-state index contributed by atoms with van der Waals surface area (Å²) in [6.07, 6.45) is 9.23. The second-order valence-corrected chi connectivity index (χ2v) is 14.5. The number of sulfonamides is 1. The third-order valence-electron chi connectivity index (χ3n) is 10.1. The number of benzene rings is 2. The summed E-state index contributed by atoms with van der Waals surface area (Å²) in [5.74, 6) is 0.991. The van der Waals surface area contributed by atoms with Crippen LogP contribution in [0.5, 0.6) is 0 Å². The first kappa shape index (κ1) is 27.8. The van der Waals surface area contributed by atoms with Crippen LogP contribution in [0, 0.1) is 31.6 Å². The highest BCUT2D eigenvalue weighted by Gasteiger charge is 2.51. The molecule has 3 N–H and O–H groups in total. The van der Waals surface area contributed by atoms with Crippen LogP contribution in [0.4, 0.5) is 10.5 Å². The molecule has 5 fully saturated rings. The minimum Gasteiger partial charge on any atom is -0.318 e. The highest BCUT2D eigenvalue weighted by Crippen LogP contribution is 2.60. The smallest absolute Gasteiger partial charge is 0.318 e. The van der Waals surface area contributed by atoms with E-state index in [4.69, 9.17) is 5.14 Å². The molecule has 10 heteroatoms. The summed E-state index contributed by atoms with van der Waals surface area (Å²) in [6, 6.07) is 15.0. The van der Waals surface area contributed by atoms with E-state index in [9.17, 15) is 22.8 Å². The average Bonchev–Trinajstić information content (AvgIpc) is 3.22. The maximum absolute atomic E-state index is 13.7. The van der Waals surface area contributed by atoms with Crippen molar-refractivity contribution < 1.29 is 22.8 Å². The Balaban J connectivity index is 1.17. The molecule has 4 aliphatic carbocycles. The molecule has 1 saturated heterocycles. The van der Waals surface area contributed by atoms with Crippen molar-refractivity contribution >= 4 is 39.6 Å². The summed E-state index contributed by atoms with van der Waals surface area (Å²) in [5.41, 5.74) is 4.63. The number of amides is 4. The summed E-state index contributed by atoms with van der Waals surface area (Å²) in [4.78, 5) is 40.5. The number of aromatic nitrogens is 1. The van der Waals surface area contributed by atoms with Crippen molar-refractivity contribution in [1.29, 1.82) is 0 Å². The van der Waals surface area contributed by atoms with Gasteiger partial charge in [-0.25, -0.2) is 23.3 Å². The van der Waals surface area contributed by atoms with Crippen molar-refractivity contribution in [3.63, 3.8) is 0 Å². The number of rotatable bonds is 5. The molecule has 1 aromatic heterocycles. The normalized spacial score (nSPS) is 27.7. The zero-order valence-corrected chi connectivity index (χ0v) is 25.0. The Hall–Kier alpha value is -4.02. The largest absolute Gasteiger partial charge is 0.335 e. The predicted molar refractivity (Wildman–Crippen MR) is 162 cm³/mol. The summed E-state index contributed by atoms with van der Waals surface area (Å²) < 4.78 is 25.2. The molecule has 0 spiro atoms. The first-order valence-electron chi connectivity index (χ1n) is 14.8. The van der Waals surface area contributed by atoms with Crippen LogP contribution < -0.4 is 15.4 Å². The maximum atomic E-state index is 13.7. The van der Waals surface area contributed by atoms with Gasteiger partial charge in [0.15, 0.2) is 0 Å². The third-order valence-corrected chi connectivity index (χ3v) is 11.0. The molecule has 4 amide bonds. The number of hydrogen-bond donors (Lipinski definition) is 2. The zero-order valence-electron chi connectivity index (χ0n) is 24.2. The van der Waals surface area contributed by atoms with Crippen LogP contribution in [-0.4, -0.2) is 30.8 Å². The molecule has 8 rings (SSSR count). The molecule has 0 unspecified atom stereocenters. The zero-order chi connectivity index (χ0) is 30.3. The van der Waals surface area contributed by atoms with Crippen molar-refractivity contribution in [2.75, 3.05) is 4.90 Å². The lowest BCUT2D eigenvalue weighted by Gasteiger charge is -2.57. The van der Waals surface area contributed by atoms with Crippen molar-refractivity contribution in [3.8, 4) is 5.69 Å². The van der Waals surface area contributed by atoms with Gasteiger partial charge in [0, 0.05) is 17.1 Å². The van der Waals surface area contributed by atoms with Gasteiger partial charge in [-0.1, -0.05) is 12.1 Å². The topological polar surface area (TPSA) is 132 Å². The van der Waals surface area contributed by atoms with Gasteiger partial charge in [-0.15, -0.1) is 0 Å². The number of carbonyl (C=O) groups excluding carboxylic acids is 3. The van der Waals surface area contributed by atoms with Crippen LogP contribution in [0.3, 0.4) is 0 Å². The van der Waals surface area contributed by atoms with Crippen LogP contribution in [-0.2, 0) is 25.0 Å². The Morgan fingerprint density at radius 3 is 1.98 bits per heavy atom. The Morgan fingerprint density at radius 1 is 0.860 bits per heavy atom. The van der Waals surface area contributed by atoms with E-state index in [-0.39, 0.29) is 15.9 Å². The van der Waals surface area contributed by atoms with E-state index in [1.54, 1.807) is 12.1 Å². The third kappa shape index (κ3) is 4.64. The Morgan fingerprint density at radius 2 is 1.42 bits per heavy atom. The van der Waals surface area contributed by atoms with Crippen LogP contribution in [0.15, 0.2) is 65.1 Å². The molecule has 9 nitrogen and oxygen atoms in total. The average molecular weight is 599 g/mol. The molecule has 222 valence electrons. The number of aryl methyl sites for hydroxylation is 1. The number of nitrogens with two attached hydrogens (primary N) is 1. The van der Waals surface area contributed by atoms with E-state index < -0.39 is 27.9 Å². The lowest BCUT2D eigenvalue weighted by atomic mass is 9.48. The van der Waals surface area contributed by atoms with Gasteiger partial charge in [-0.2, -0.15) is 0 Å². The number of carbonyl (C=O) groups is 3. The maximum Gasteiger partial charge on any atom is 0.335 e. The number of primary sulfonamides is 1. The second-order valence-electron chi connectivity index (χ2n) is 12.9. The molecule has 5 aliphatic rings. The molecule has 2 heterocycles. The predicted octanol–water partition coefficient (Wildman–Crippen LogP) is 4.88. The molecule has 3 aromatic rings. The van der Waals surface area contributed by atoms with Gasteiger partial charge >= 0.3 is 6.03 Å². The lowest BCUT2D eigenvalue weighted by molar-refractivity contribution is -0.122. The number of nitrogens with zero attached hydrogens (tertiary/aromatic N) is 2. The number of hydrogen-bond acceptors (Lipinski definition) is 5. The standard InChI is InChI=1S/C33H34N4O5S/c1-19-11-24(20(2)36(19)26-7-9-28(10-8-26)43(34,41)42)15-29-30(38)35-32(40)37(31(29)39)27-5-3-25(4-6-27)33-16-21-12-22(17-33)14-23(13-21)18-33/h3-11,15,21-23H,12-14,16-18H2,1-2H3,(H2,34,41,42)(H,35,38,40). The highest BCUT2D eigenvalue weighted by atomic mass is 32.2. The second kappa shape index (κ2) is 9.75. The van der Waals surface area contributed by atoms with Crippen molar-refractivity contribution in [2.24, 2.45) is 22.9 Å². The van der Waals surface area contributed by atoms with E-state index in [0.29, 0.717) is 16.9 Å². The monoisotopic (exact) mass is 598 g/mol. The van der Waals surface area contributed by atoms with E-state index in [2.05, 4.69) is 17.4 Å². The quantitative estimate of drug-likeness (QED) is 0.319. The molecule has 1 aliphatic heterocycles. The number of nitrogens with one attached hydrogen (secondary N) is 1. The molecule has 2 aromatic carbocycles. The lowest BCUT2D eigenvalue weighted by Crippen LogP contribution is -2.54. The van der Waals surface area contributed by atoms with E-state index in [1.165, 1.54) is 62.3 Å². The number of anilines is 1. The Kier molecular flexibility index (Phi) is 6.30. The fourth-order valence-corrected chi connectivity index (χ4v) is 9.11. The van der Waals surface area contributed by atoms with E-state index in [0.717, 1.165) is 34.0 Å². The van der Waals surface area contributed by atoms with Gasteiger partial charge in [-0.05, 0) is 135 Å². The summed E-state index contributed by atoms with van der Waals surface area (Å²) >= 11 is 0. The van der Waals surface area contributed by atoms with E-state index in [1.807, 2.05) is 36.6 Å². The molecule has 4 bridgehead atoms. The SMILES string of the molecule is Cc1cc(C=C2C(=O)NC(=O)N(c3ccc(C45CC6CC(CC(C6)C4)C5)cc3)C2=O)c(C)n1-c1ccc(S(N)(=O)=O)cc1. The first-order chi connectivity index (χ1) is 20.4. The molecular formula is C33H34N4O5S. The van der Waals surface area contributed by atoms with Crippen LogP contribution in [0.2, 0.25) is 0 Å². The number of barbiturate groups is 1. The van der Waals surface area contributed by atoms with Crippen molar-refractivity contribution in [2.45, 2.75) is 62.7 Å². The summed E-state index contributed by atoms with van der Waals surface area (Å²) in [6.45, 7) is 3.71. The first-order valence-corrected chi connectivity index (χ1v) is 16.3. The van der Waals surface area contributed by atoms with Gasteiger partial charge in [0.2, 0.25) is 10.0 Å². The minimum absolute atomic E-state index is 0.00116. The number of urea groups is 1. The van der Waals surface area contributed by atoms with E-state index >= 15 is 0 Å². The van der Waals surface area contributed by atoms with Crippen molar-refractivity contribution in [3.05, 3.63) is 82.7 Å². The van der Waals surface area contributed by atoms with Gasteiger partial charge in [-0.3, -0.25) is 14.9 Å². The molecule has 0 radical (unpaired) electrons. The van der Waals surface area contributed by atoms with Crippen LogP contribution >= 0.6 is 0 Å². The summed E-state index contributed by atoms with van der Waals surface area (Å²) in [5, 5.41) is 7.56. The Labute approximate surface area is 250 Å². The fraction of sp³-hybridized carbons (Fsp3) is 0.364. The van der Waals surface area contributed by atoms with Crippen LogP contribution in [0.1, 0.15) is 61.0 Å². The molecule has 43 heavy (non-hydrogen) atoms.